The van der Waals surface area contributed by atoms with Crippen molar-refractivity contribution in [2.75, 3.05) is 0 Å². The van der Waals surface area contributed by atoms with Crippen molar-refractivity contribution in [2.24, 2.45) is 7.05 Å². The Morgan fingerprint density at radius 2 is 1.63 bits per heavy atom. The molecule has 0 bridgehead atoms. The lowest BCUT2D eigenvalue weighted by atomic mass is 10.0. The molecule has 0 unspecified atom stereocenters. The van der Waals surface area contributed by atoms with Gasteiger partial charge in [0.05, 0.1) is 17.6 Å². The molecule has 2 N–H and O–H groups in total. The Morgan fingerprint density at radius 3 is 2.37 bits per heavy atom. The van der Waals surface area contributed by atoms with E-state index in [1.165, 1.54) is 0 Å². The molecule has 3 aromatic carbocycles. The monoisotopic (exact) mass is 391 g/mol. The van der Waals surface area contributed by atoms with Crippen LogP contribution in [0.3, 0.4) is 0 Å². The minimum Gasteiger partial charge on any atom is -0.504 e. The number of imidazole rings is 1. The van der Waals surface area contributed by atoms with E-state index in [-0.39, 0.29) is 5.75 Å². The Labute approximate surface area is 172 Å². The summed E-state index contributed by atoms with van der Waals surface area (Å²) in [6, 6.07) is 23.4. The van der Waals surface area contributed by atoms with Crippen LogP contribution in [0.4, 0.5) is 5.69 Å². The number of nitrogens with zero attached hydrogens (tertiary/aromatic N) is 4. The van der Waals surface area contributed by atoms with Crippen molar-refractivity contribution in [3.05, 3.63) is 84.2 Å². The Kier molecular flexibility index (Phi) is 4.08. The van der Waals surface area contributed by atoms with Gasteiger partial charge in [0.25, 0.3) is 0 Å². The summed E-state index contributed by atoms with van der Waals surface area (Å²) in [6.45, 7) is 7.16. The van der Waals surface area contributed by atoms with Crippen molar-refractivity contribution in [3.8, 4) is 39.7 Å². The van der Waals surface area contributed by atoms with Crippen LogP contribution in [0.1, 0.15) is 0 Å². The Balaban J connectivity index is 1.55. The largest absolute Gasteiger partial charge is 0.504 e. The normalized spacial score (nSPS) is 10.9. The van der Waals surface area contributed by atoms with Gasteiger partial charge in [-0.1, -0.05) is 60.7 Å². The van der Waals surface area contributed by atoms with Gasteiger partial charge in [0.1, 0.15) is 11.4 Å². The summed E-state index contributed by atoms with van der Waals surface area (Å²) >= 11 is 0. The van der Waals surface area contributed by atoms with Crippen molar-refractivity contribution in [2.45, 2.75) is 0 Å². The first-order valence-electron chi connectivity index (χ1n) is 9.43. The molecule has 5 aromatic rings. The Bertz CT molecular complexity index is 1410. The standard InChI is InChI=1S/C24H17N5O/c1-25-18-12-13-19-20(14-18)27-24(26-19)22-23(30)21(28-29(22)2)17-10-8-16(9-11-17)15-6-4-3-5-7-15/h3-14,30H,2H3,(H,26,27). The molecule has 5 rings (SSSR count). The van der Waals surface area contributed by atoms with Crippen LogP contribution in [0.2, 0.25) is 0 Å². The molecule has 2 aromatic heterocycles. The minimum atomic E-state index is 0.0643. The predicted octanol–water partition coefficient (Wildman–Crippen LogP) is 5.55. The molecule has 0 aliphatic carbocycles. The third-order valence-corrected chi connectivity index (χ3v) is 5.11. The smallest absolute Gasteiger partial charge is 0.189 e. The second-order valence-corrected chi connectivity index (χ2v) is 7.01. The number of fused-ring (bicyclic) bond motifs is 1. The maximum absolute atomic E-state index is 10.9. The van der Waals surface area contributed by atoms with E-state index in [1.807, 2.05) is 48.5 Å². The van der Waals surface area contributed by atoms with Gasteiger partial charge in [0.2, 0.25) is 0 Å². The molecule has 0 amide bonds. The molecule has 0 atom stereocenters. The highest BCUT2D eigenvalue weighted by Gasteiger charge is 2.21. The molecule has 0 saturated carbocycles. The summed E-state index contributed by atoms with van der Waals surface area (Å²) in [7, 11) is 1.77. The van der Waals surface area contributed by atoms with E-state index in [0.717, 1.165) is 22.2 Å². The molecule has 6 heteroatoms. The van der Waals surface area contributed by atoms with Crippen LogP contribution in [-0.4, -0.2) is 24.9 Å². The molecule has 6 nitrogen and oxygen atoms in total. The van der Waals surface area contributed by atoms with Crippen molar-refractivity contribution in [1.82, 2.24) is 19.7 Å². The summed E-state index contributed by atoms with van der Waals surface area (Å²) < 4.78 is 1.61. The zero-order valence-corrected chi connectivity index (χ0v) is 16.2. The fourth-order valence-corrected chi connectivity index (χ4v) is 3.60. The highest BCUT2D eigenvalue weighted by Crippen LogP contribution is 2.37. The van der Waals surface area contributed by atoms with Crippen LogP contribution in [0.15, 0.2) is 72.8 Å². The average Bonchev–Trinajstić information content (AvgIpc) is 3.33. The number of rotatable bonds is 3. The van der Waals surface area contributed by atoms with Crippen LogP contribution in [0.5, 0.6) is 5.75 Å². The topological polar surface area (TPSA) is 71.1 Å². The highest BCUT2D eigenvalue weighted by molar-refractivity contribution is 5.85. The van der Waals surface area contributed by atoms with Gasteiger partial charge in [-0.05, 0) is 23.3 Å². The van der Waals surface area contributed by atoms with Crippen molar-refractivity contribution in [1.29, 1.82) is 0 Å². The zero-order chi connectivity index (χ0) is 20.7. The summed E-state index contributed by atoms with van der Waals surface area (Å²) in [5, 5.41) is 15.5. The molecular weight excluding hydrogens is 374 g/mol. The third kappa shape index (κ3) is 2.90. The summed E-state index contributed by atoms with van der Waals surface area (Å²) in [4.78, 5) is 11.2. The van der Waals surface area contributed by atoms with Gasteiger partial charge < -0.3 is 10.1 Å². The van der Waals surface area contributed by atoms with E-state index in [1.54, 1.807) is 23.9 Å². The summed E-state index contributed by atoms with van der Waals surface area (Å²) in [6.07, 6.45) is 0. The van der Waals surface area contributed by atoms with Crippen LogP contribution in [0.25, 0.3) is 49.8 Å². The van der Waals surface area contributed by atoms with Crippen LogP contribution in [-0.2, 0) is 7.05 Å². The van der Waals surface area contributed by atoms with Crippen LogP contribution < -0.4 is 0 Å². The number of aryl methyl sites for hydroxylation is 1. The van der Waals surface area contributed by atoms with Gasteiger partial charge in [0, 0.05) is 12.6 Å². The van der Waals surface area contributed by atoms with E-state index in [9.17, 15) is 5.11 Å². The number of benzene rings is 3. The van der Waals surface area contributed by atoms with Crippen LogP contribution >= 0.6 is 0 Å². The van der Waals surface area contributed by atoms with Crippen molar-refractivity contribution >= 4 is 16.7 Å². The molecule has 144 valence electrons. The molecule has 0 radical (unpaired) electrons. The number of H-pyrrole nitrogens is 1. The van der Waals surface area contributed by atoms with E-state index in [0.29, 0.717) is 28.4 Å². The lowest BCUT2D eigenvalue weighted by Gasteiger charge is -2.03. The van der Waals surface area contributed by atoms with Gasteiger partial charge in [-0.3, -0.25) is 4.68 Å². The maximum atomic E-state index is 10.9. The van der Waals surface area contributed by atoms with E-state index in [4.69, 9.17) is 6.57 Å². The first-order valence-corrected chi connectivity index (χ1v) is 9.43. The predicted molar refractivity (Wildman–Crippen MR) is 117 cm³/mol. The molecular formula is C24H17N5O. The van der Waals surface area contributed by atoms with E-state index >= 15 is 0 Å². The second-order valence-electron chi connectivity index (χ2n) is 7.01. The fraction of sp³-hybridized carbons (Fsp3) is 0.0417. The SMILES string of the molecule is [C-]#[N+]c1ccc2[nH]c(-c3c(O)c(-c4ccc(-c5ccccc5)cc4)nn3C)nc2c1. The Morgan fingerprint density at radius 1 is 0.933 bits per heavy atom. The first kappa shape index (κ1) is 17.7. The van der Waals surface area contributed by atoms with E-state index in [2.05, 4.69) is 32.0 Å². The lowest BCUT2D eigenvalue weighted by Crippen LogP contribution is -1.95. The number of aromatic nitrogens is 4. The van der Waals surface area contributed by atoms with Gasteiger partial charge in [-0.25, -0.2) is 9.83 Å². The number of nitrogens with one attached hydrogen (secondary N) is 1. The third-order valence-electron chi connectivity index (χ3n) is 5.11. The average molecular weight is 391 g/mol. The zero-order valence-electron chi connectivity index (χ0n) is 16.2. The Hall–Kier alpha value is -4.37. The van der Waals surface area contributed by atoms with Crippen LogP contribution in [0, 0.1) is 6.57 Å². The van der Waals surface area contributed by atoms with Gasteiger partial charge in [0.15, 0.2) is 17.3 Å². The molecule has 0 aliphatic rings. The van der Waals surface area contributed by atoms with Gasteiger partial charge in [-0.2, -0.15) is 5.10 Å². The highest BCUT2D eigenvalue weighted by atomic mass is 16.3. The van der Waals surface area contributed by atoms with Gasteiger partial charge >= 0.3 is 0 Å². The molecule has 0 spiro atoms. The molecule has 0 saturated heterocycles. The quantitative estimate of drug-likeness (QED) is 0.396. The summed E-state index contributed by atoms with van der Waals surface area (Å²) in [5.74, 6) is 0.571. The molecule has 2 heterocycles. The number of aromatic hydroxyl groups is 1. The minimum absolute atomic E-state index is 0.0643. The molecule has 30 heavy (non-hydrogen) atoms. The number of hydrogen-bond donors (Lipinski definition) is 2. The van der Waals surface area contributed by atoms with Crippen molar-refractivity contribution in [3.63, 3.8) is 0 Å². The van der Waals surface area contributed by atoms with Gasteiger partial charge in [-0.15, -0.1) is 0 Å². The van der Waals surface area contributed by atoms with E-state index < -0.39 is 0 Å². The molecule has 0 aliphatic heterocycles. The number of hydrogen-bond acceptors (Lipinski definition) is 3. The summed E-state index contributed by atoms with van der Waals surface area (Å²) in [5.41, 5.74) is 6.04. The maximum Gasteiger partial charge on any atom is 0.189 e. The fourth-order valence-electron chi connectivity index (χ4n) is 3.60. The number of aromatic amines is 1. The molecule has 0 fully saturated rings. The first-order chi connectivity index (χ1) is 14.6. The lowest BCUT2D eigenvalue weighted by molar-refractivity contribution is 0.478. The van der Waals surface area contributed by atoms with Crippen molar-refractivity contribution < 1.29 is 5.11 Å². The second kappa shape index (κ2) is 6.90.